The van der Waals surface area contributed by atoms with E-state index in [9.17, 15) is 9.90 Å². The Balaban J connectivity index is 2.46. The van der Waals surface area contributed by atoms with Crippen LogP contribution in [-0.4, -0.2) is 30.5 Å². The first kappa shape index (κ1) is 13.9. The number of hydrogen-bond acceptors (Lipinski definition) is 3. The van der Waals surface area contributed by atoms with E-state index in [0.717, 1.165) is 10.5 Å². The van der Waals surface area contributed by atoms with Crippen molar-refractivity contribution in [3.05, 3.63) is 29.8 Å². The number of carbonyl (C=O) groups excluding carboxylic acids is 1. The Labute approximate surface area is 106 Å². The average Bonchev–Trinajstić information content (AvgIpc) is 2.36. The fourth-order valence-electron chi connectivity index (χ4n) is 1.36. The smallest absolute Gasteiger partial charge is 0.314 e. The molecule has 1 aromatic carbocycles. The van der Waals surface area contributed by atoms with Crippen molar-refractivity contribution >= 4 is 17.8 Å². The Hall–Kier alpha value is -1.20. The molecule has 94 valence electrons. The second-order valence-corrected chi connectivity index (χ2v) is 4.41. The number of hydrogen-bond donors (Lipinski definition) is 3. The van der Waals surface area contributed by atoms with Crippen molar-refractivity contribution in [2.45, 2.75) is 17.9 Å². The topological polar surface area (TPSA) is 61.4 Å². The van der Waals surface area contributed by atoms with Gasteiger partial charge in [-0.25, -0.2) is 4.79 Å². The van der Waals surface area contributed by atoms with Crippen LogP contribution in [0.2, 0.25) is 0 Å². The van der Waals surface area contributed by atoms with Gasteiger partial charge in [0.1, 0.15) is 0 Å². The number of aliphatic hydroxyl groups excluding tert-OH is 1. The summed E-state index contributed by atoms with van der Waals surface area (Å²) in [5.41, 5.74) is 0.805. The summed E-state index contributed by atoms with van der Waals surface area (Å²) >= 11 is 1.65. The highest BCUT2D eigenvalue weighted by molar-refractivity contribution is 7.98. The number of urea groups is 1. The first-order valence-corrected chi connectivity index (χ1v) is 6.73. The molecule has 5 heteroatoms. The molecule has 1 rings (SSSR count). The minimum Gasteiger partial charge on any atom is -0.387 e. The zero-order valence-electron chi connectivity index (χ0n) is 10.1. The molecule has 0 aliphatic carbocycles. The van der Waals surface area contributed by atoms with Gasteiger partial charge in [-0.1, -0.05) is 12.1 Å². The highest BCUT2D eigenvalue weighted by atomic mass is 32.2. The maximum Gasteiger partial charge on any atom is 0.314 e. The van der Waals surface area contributed by atoms with Crippen molar-refractivity contribution in [2.75, 3.05) is 19.3 Å². The van der Waals surface area contributed by atoms with Gasteiger partial charge in [0.25, 0.3) is 0 Å². The molecular formula is C12H18N2O2S. The van der Waals surface area contributed by atoms with Crippen LogP contribution >= 0.6 is 11.8 Å². The maximum atomic E-state index is 11.1. The summed E-state index contributed by atoms with van der Waals surface area (Å²) in [5.74, 6) is 0. The zero-order valence-corrected chi connectivity index (χ0v) is 10.9. The molecule has 2 amide bonds. The predicted molar refractivity (Wildman–Crippen MR) is 70.3 cm³/mol. The molecule has 1 aromatic rings. The fourth-order valence-corrected chi connectivity index (χ4v) is 1.76. The Morgan fingerprint density at radius 3 is 2.53 bits per heavy atom. The number of carbonyl (C=O) groups is 1. The van der Waals surface area contributed by atoms with E-state index in [2.05, 4.69) is 10.6 Å². The minimum atomic E-state index is -0.673. The first-order chi connectivity index (χ1) is 8.17. The second kappa shape index (κ2) is 7.19. The molecule has 0 heterocycles. The molecule has 0 saturated heterocycles. The van der Waals surface area contributed by atoms with Crippen LogP contribution < -0.4 is 10.6 Å². The lowest BCUT2D eigenvalue weighted by atomic mass is 10.1. The molecule has 0 radical (unpaired) electrons. The van der Waals surface area contributed by atoms with Crippen molar-refractivity contribution in [1.29, 1.82) is 0 Å². The highest BCUT2D eigenvalue weighted by Crippen LogP contribution is 2.18. The molecule has 0 bridgehead atoms. The largest absolute Gasteiger partial charge is 0.387 e. The van der Waals surface area contributed by atoms with Crippen LogP contribution in [0.1, 0.15) is 18.6 Å². The third kappa shape index (κ3) is 4.66. The van der Waals surface area contributed by atoms with E-state index in [0.29, 0.717) is 6.54 Å². The molecule has 0 unspecified atom stereocenters. The van der Waals surface area contributed by atoms with Gasteiger partial charge in [0.15, 0.2) is 0 Å². The van der Waals surface area contributed by atoms with Crippen LogP contribution in [0.15, 0.2) is 29.2 Å². The summed E-state index contributed by atoms with van der Waals surface area (Å²) in [6.45, 7) is 2.63. The molecular weight excluding hydrogens is 236 g/mol. The molecule has 0 fully saturated rings. The summed E-state index contributed by atoms with van der Waals surface area (Å²) in [7, 11) is 0. The number of thioether (sulfide) groups is 1. The molecule has 1 atom stereocenters. The van der Waals surface area contributed by atoms with Gasteiger partial charge in [-0.3, -0.25) is 0 Å². The predicted octanol–water partition coefficient (Wildman–Crippen LogP) is 1.76. The van der Waals surface area contributed by atoms with E-state index in [1.54, 1.807) is 11.8 Å². The third-order valence-corrected chi connectivity index (χ3v) is 3.04. The summed E-state index contributed by atoms with van der Waals surface area (Å²) in [5, 5.41) is 15.1. The number of amides is 2. The molecule has 17 heavy (non-hydrogen) atoms. The Morgan fingerprint density at radius 1 is 1.35 bits per heavy atom. The van der Waals surface area contributed by atoms with Gasteiger partial charge in [-0.05, 0) is 30.9 Å². The number of aliphatic hydroxyl groups is 1. The van der Waals surface area contributed by atoms with Crippen LogP contribution in [-0.2, 0) is 0 Å². The zero-order chi connectivity index (χ0) is 12.7. The summed E-state index contributed by atoms with van der Waals surface area (Å²) < 4.78 is 0. The fraction of sp³-hybridized carbons (Fsp3) is 0.417. The van der Waals surface area contributed by atoms with Crippen LogP contribution in [0, 0.1) is 0 Å². The first-order valence-electron chi connectivity index (χ1n) is 5.51. The standard InChI is InChI=1S/C12H18N2O2S/c1-3-13-12(16)14-8-11(15)9-4-6-10(17-2)7-5-9/h4-7,11,15H,3,8H2,1-2H3,(H2,13,14,16)/t11-/m1/s1. The van der Waals surface area contributed by atoms with Gasteiger partial charge in [0.05, 0.1) is 6.10 Å². The summed E-state index contributed by atoms with van der Waals surface area (Å²) in [6, 6.07) is 7.39. The van der Waals surface area contributed by atoms with E-state index in [4.69, 9.17) is 0 Å². The van der Waals surface area contributed by atoms with E-state index in [1.807, 2.05) is 37.4 Å². The number of rotatable bonds is 5. The van der Waals surface area contributed by atoms with Gasteiger partial charge in [0, 0.05) is 18.0 Å². The Bertz CT molecular complexity index is 354. The lowest BCUT2D eigenvalue weighted by Gasteiger charge is -2.12. The SMILES string of the molecule is CCNC(=O)NC[C@@H](O)c1ccc(SC)cc1. The molecule has 0 saturated carbocycles. The average molecular weight is 254 g/mol. The van der Waals surface area contributed by atoms with Crippen molar-refractivity contribution in [3.8, 4) is 0 Å². The molecule has 4 nitrogen and oxygen atoms in total. The van der Waals surface area contributed by atoms with Crippen LogP contribution in [0.25, 0.3) is 0 Å². The number of nitrogens with one attached hydrogen (secondary N) is 2. The normalized spacial score (nSPS) is 11.9. The van der Waals surface area contributed by atoms with Crippen molar-refractivity contribution in [2.24, 2.45) is 0 Å². The van der Waals surface area contributed by atoms with Gasteiger partial charge in [-0.2, -0.15) is 0 Å². The van der Waals surface area contributed by atoms with Gasteiger partial charge in [0.2, 0.25) is 0 Å². The van der Waals surface area contributed by atoms with Crippen LogP contribution in [0.4, 0.5) is 4.79 Å². The molecule has 0 spiro atoms. The van der Waals surface area contributed by atoms with Crippen molar-refractivity contribution in [1.82, 2.24) is 10.6 Å². The van der Waals surface area contributed by atoms with Crippen molar-refractivity contribution < 1.29 is 9.90 Å². The lowest BCUT2D eigenvalue weighted by molar-refractivity contribution is 0.173. The van der Waals surface area contributed by atoms with E-state index in [1.165, 1.54) is 0 Å². The quantitative estimate of drug-likeness (QED) is 0.702. The summed E-state index contributed by atoms with van der Waals surface area (Å²) in [6.07, 6.45) is 1.33. The van der Waals surface area contributed by atoms with Crippen molar-refractivity contribution in [3.63, 3.8) is 0 Å². The third-order valence-electron chi connectivity index (χ3n) is 2.29. The molecule has 0 aliphatic heterocycles. The lowest BCUT2D eigenvalue weighted by Crippen LogP contribution is -2.37. The van der Waals surface area contributed by atoms with E-state index in [-0.39, 0.29) is 12.6 Å². The second-order valence-electron chi connectivity index (χ2n) is 3.53. The number of benzene rings is 1. The molecule has 0 aliphatic rings. The highest BCUT2D eigenvalue weighted by Gasteiger charge is 2.08. The summed E-state index contributed by atoms with van der Waals surface area (Å²) in [4.78, 5) is 12.3. The Kier molecular flexibility index (Phi) is 5.86. The van der Waals surface area contributed by atoms with Crippen LogP contribution in [0.5, 0.6) is 0 Å². The van der Waals surface area contributed by atoms with Crippen LogP contribution in [0.3, 0.4) is 0 Å². The van der Waals surface area contributed by atoms with E-state index >= 15 is 0 Å². The monoisotopic (exact) mass is 254 g/mol. The maximum absolute atomic E-state index is 11.1. The van der Waals surface area contributed by atoms with Gasteiger partial charge < -0.3 is 15.7 Å². The van der Waals surface area contributed by atoms with E-state index < -0.39 is 6.10 Å². The molecule has 3 N–H and O–H groups in total. The Morgan fingerprint density at radius 2 is 2.00 bits per heavy atom. The van der Waals surface area contributed by atoms with Gasteiger partial charge in [-0.15, -0.1) is 11.8 Å². The van der Waals surface area contributed by atoms with Gasteiger partial charge >= 0.3 is 6.03 Å². The minimum absolute atomic E-state index is 0.213. The molecule has 0 aromatic heterocycles.